The number of carbonyl (C=O) groups is 1. The van der Waals surface area contributed by atoms with Gasteiger partial charge in [-0.2, -0.15) is 0 Å². The predicted octanol–water partition coefficient (Wildman–Crippen LogP) is 1.54. The zero-order chi connectivity index (χ0) is 13.7. The summed E-state index contributed by atoms with van der Waals surface area (Å²) in [5, 5.41) is 6.14. The molecule has 1 atom stereocenters. The summed E-state index contributed by atoms with van der Waals surface area (Å²) in [5.74, 6) is 2.59. The van der Waals surface area contributed by atoms with E-state index in [0.29, 0.717) is 6.54 Å². The van der Waals surface area contributed by atoms with Crippen molar-refractivity contribution in [1.29, 1.82) is 0 Å². The summed E-state index contributed by atoms with van der Waals surface area (Å²) in [4.78, 5) is 11.9. The number of methoxy groups -OCH3 is 1. The number of hydrogen-bond donors (Lipinski definition) is 2. The highest BCUT2D eigenvalue weighted by Crippen LogP contribution is 2.20. The summed E-state index contributed by atoms with van der Waals surface area (Å²) in [6.45, 7) is 2.63. The third-order valence-corrected chi connectivity index (χ3v) is 4.18. The van der Waals surface area contributed by atoms with Gasteiger partial charge in [-0.25, -0.2) is 0 Å². The van der Waals surface area contributed by atoms with Crippen LogP contribution in [-0.4, -0.2) is 30.7 Å². The predicted molar refractivity (Wildman–Crippen MR) is 78.5 cm³/mol. The first-order valence-corrected chi connectivity index (χ1v) is 7.64. The molecule has 4 nitrogen and oxygen atoms in total. The monoisotopic (exact) mass is 280 g/mol. The van der Waals surface area contributed by atoms with Crippen LogP contribution < -0.4 is 15.4 Å². The van der Waals surface area contributed by atoms with Gasteiger partial charge in [-0.1, -0.05) is 19.1 Å². The van der Waals surface area contributed by atoms with Crippen LogP contribution in [0.3, 0.4) is 0 Å². The van der Waals surface area contributed by atoms with E-state index in [1.807, 2.05) is 6.07 Å². The Morgan fingerprint density at radius 3 is 3.05 bits per heavy atom. The first kappa shape index (κ1) is 14.2. The van der Waals surface area contributed by atoms with Crippen LogP contribution in [-0.2, 0) is 17.8 Å². The zero-order valence-corrected chi connectivity index (χ0v) is 12.2. The summed E-state index contributed by atoms with van der Waals surface area (Å²) < 4.78 is 5.33. The molecule has 1 unspecified atom stereocenters. The lowest BCUT2D eigenvalue weighted by molar-refractivity contribution is -0.122. The van der Waals surface area contributed by atoms with Crippen molar-refractivity contribution in [2.45, 2.75) is 25.9 Å². The maximum atomic E-state index is 11.9. The number of ether oxygens (including phenoxy) is 1. The standard InChI is InChI=1S/C14H20N2O2S/c1-3-10-4-5-13(18-2)11(6-10)7-15-14(17)12-8-19-9-16-12/h4-6,12,16H,3,7-9H2,1-2H3,(H,15,17). The maximum absolute atomic E-state index is 11.9. The Bertz CT molecular complexity index is 445. The Kier molecular flexibility index (Phi) is 5.10. The van der Waals surface area contributed by atoms with Crippen LogP contribution >= 0.6 is 11.8 Å². The highest BCUT2D eigenvalue weighted by Gasteiger charge is 2.22. The van der Waals surface area contributed by atoms with Crippen molar-refractivity contribution in [2.24, 2.45) is 0 Å². The molecule has 1 heterocycles. The summed E-state index contributed by atoms with van der Waals surface area (Å²) in [6.07, 6.45) is 0.978. The molecule has 1 fully saturated rings. The Hall–Kier alpha value is -1.20. The van der Waals surface area contributed by atoms with Crippen molar-refractivity contribution in [3.8, 4) is 5.75 Å². The van der Waals surface area contributed by atoms with E-state index in [1.54, 1.807) is 18.9 Å². The van der Waals surface area contributed by atoms with Gasteiger partial charge in [0.1, 0.15) is 5.75 Å². The molecule has 1 aliphatic heterocycles. The van der Waals surface area contributed by atoms with E-state index >= 15 is 0 Å². The lowest BCUT2D eigenvalue weighted by Crippen LogP contribution is -2.41. The molecular formula is C14H20N2O2S. The molecule has 0 saturated carbocycles. The molecule has 1 aromatic carbocycles. The van der Waals surface area contributed by atoms with E-state index < -0.39 is 0 Å². The molecular weight excluding hydrogens is 260 g/mol. The molecule has 0 bridgehead atoms. The summed E-state index contributed by atoms with van der Waals surface area (Å²) in [6, 6.07) is 6.05. The second-order valence-electron chi connectivity index (χ2n) is 4.49. The van der Waals surface area contributed by atoms with Crippen LogP contribution in [0.5, 0.6) is 5.75 Å². The van der Waals surface area contributed by atoms with Crippen molar-refractivity contribution < 1.29 is 9.53 Å². The van der Waals surface area contributed by atoms with E-state index in [9.17, 15) is 4.79 Å². The topological polar surface area (TPSA) is 50.4 Å². The van der Waals surface area contributed by atoms with Crippen LogP contribution in [0.4, 0.5) is 0 Å². The number of aryl methyl sites for hydroxylation is 1. The molecule has 19 heavy (non-hydrogen) atoms. The van der Waals surface area contributed by atoms with Crippen molar-refractivity contribution in [3.05, 3.63) is 29.3 Å². The average molecular weight is 280 g/mol. The molecule has 1 amide bonds. The minimum Gasteiger partial charge on any atom is -0.496 e. The van der Waals surface area contributed by atoms with Gasteiger partial charge in [-0.05, 0) is 18.1 Å². The molecule has 104 valence electrons. The normalized spacial score (nSPS) is 18.3. The van der Waals surface area contributed by atoms with Crippen molar-refractivity contribution in [3.63, 3.8) is 0 Å². The number of hydrogen-bond acceptors (Lipinski definition) is 4. The Morgan fingerprint density at radius 1 is 1.58 bits per heavy atom. The molecule has 0 aliphatic carbocycles. The molecule has 1 aliphatic rings. The first-order valence-electron chi connectivity index (χ1n) is 6.49. The van der Waals surface area contributed by atoms with Crippen molar-refractivity contribution in [2.75, 3.05) is 18.7 Å². The summed E-state index contributed by atoms with van der Waals surface area (Å²) >= 11 is 1.75. The number of benzene rings is 1. The van der Waals surface area contributed by atoms with Gasteiger partial charge in [0.25, 0.3) is 0 Å². The van der Waals surface area contributed by atoms with Gasteiger partial charge in [0.05, 0.1) is 13.2 Å². The molecule has 0 aromatic heterocycles. The van der Waals surface area contributed by atoms with Crippen LogP contribution in [0.15, 0.2) is 18.2 Å². The van der Waals surface area contributed by atoms with E-state index in [2.05, 4.69) is 29.7 Å². The fourth-order valence-corrected chi connectivity index (χ4v) is 3.00. The summed E-state index contributed by atoms with van der Waals surface area (Å²) in [5.41, 5.74) is 2.28. The van der Waals surface area contributed by atoms with E-state index in [0.717, 1.165) is 29.4 Å². The van der Waals surface area contributed by atoms with Gasteiger partial charge in [0.15, 0.2) is 0 Å². The van der Waals surface area contributed by atoms with Gasteiger partial charge in [0, 0.05) is 23.7 Å². The van der Waals surface area contributed by atoms with Gasteiger partial charge in [0.2, 0.25) is 5.91 Å². The lowest BCUT2D eigenvalue weighted by atomic mass is 10.1. The number of nitrogens with one attached hydrogen (secondary N) is 2. The average Bonchev–Trinajstić information content (AvgIpc) is 2.98. The molecule has 1 saturated heterocycles. The lowest BCUT2D eigenvalue weighted by Gasteiger charge is -2.13. The van der Waals surface area contributed by atoms with E-state index in [4.69, 9.17) is 4.74 Å². The maximum Gasteiger partial charge on any atom is 0.238 e. The molecule has 0 radical (unpaired) electrons. The molecule has 2 N–H and O–H groups in total. The van der Waals surface area contributed by atoms with Crippen LogP contribution in [0.2, 0.25) is 0 Å². The number of thioether (sulfide) groups is 1. The second-order valence-corrected chi connectivity index (χ2v) is 5.52. The largest absolute Gasteiger partial charge is 0.496 e. The Balaban J connectivity index is 1.99. The number of amides is 1. The quantitative estimate of drug-likeness (QED) is 0.859. The van der Waals surface area contributed by atoms with E-state index in [1.165, 1.54) is 5.56 Å². The smallest absolute Gasteiger partial charge is 0.238 e. The van der Waals surface area contributed by atoms with Gasteiger partial charge in [-0.3, -0.25) is 10.1 Å². The van der Waals surface area contributed by atoms with E-state index in [-0.39, 0.29) is 11.9 Å². The third-order valence-electron chi connectivity index (χ3n) is 3.24. The Labute approximate surface area is 118 Å². The highest BCUT2D eigenvalue weighted by molar-refractivity contribution is 7.99. The van der Waals surface area contributed by atoms with Crippen molar-refractivity contribution >= 4 is 17.7 Å². The SMILES string of the molecule is CCc1ccc(OC)c(CNC(=O)C2CSCN2)c1. The molecule has 1 aromatic rings. The van der Waals surface area contributed by atoms with Gasteiger partial charge >= 0.3 is 0 Å². The summed E-state index contributed by atoms with van der Waals surface area (Å²) in [7, 11) is 1.65. The van der Waals surface area contributed by atoms with Gasteiger partial charge < -0.3 is 10.1 Å². The minimum absolute atomic E-state index is 0.0638. The molecule has 5 heteroatoms. The van der Waals surface area contributed by atoms with Crippen LogP contribution in [0.25, 0.3) is 0 Å². The number of carbonyl (C=O) groups excluding carboxylic acids is 1. The molecule has 2 rings (SSSR count). The molecule has 0 spiro atoms. The fourth-order valence-electron chi connectivity index (χ4n) is 2.06. The first-order chi connectivity index (χ1) is 9.24. The minimum atomic E-state index is -0.0645. The van der Waals surface area contributed by atoms with Crippen molar-refractivity contribution in [1.82, 2.24) is 10.6 Å². The highest BCUT2D eigenvalue weighted by atomic mass is 32.2. The van der Waals surface area contributed by atoms with Crippen LogP contribution in [0.1, 0.15) is 18.1 Å². The Morgan fingerprint density at radius 2 is 2.42 bits per heavy atom. The van der Waals surface area contributed by atoms with Crippen LogP contribution in [0, 0.1) is 0 Å². The zero-order valence-electron chi connectivity index (χ0n) is 11.4. The van der Waals surface area contributed by atoms with Gasteiger partial charge in [-0.15, -0.1) is 11.8 Å². The third kappa shape index (κ3) is 3.64. The number of rotatable bonds is 5. The fraction of sp³-hybridized carbons (Fsp3) is 0.500. The second kappa shape index (κ2) is 6.82.